The number of amides is 2. The molecule has 0 fully saturated rings. The van der Waals surface area contributed by atoms with Gasteiger partial charge < -0.3 is 16.4 Å². The molecule has 2 amide bonds. The highest BCUT2D eigenvalue weighted by Crippen LogP contribution is 2.11. The van der Waals surface area contributed by atoms with Gasteiger partial charge in [-0.2, -0.15) is 11.8 Å². The number of nitrogens with two attached hydrogens (primary N) is 1. The molecule has 1 rings (SSSR count). The van der Waals surface area contributed by atoms with Crippen LogP contribution in [0.2, 0.25) is 0 Å². The Bertz CT molecular complexity index is 480. The van der Waals surface area contributed by atoms with Crippen LogP contribution < -0.4 is 16.4 Å². The fourth-order valence-electron chi connectivity index (χ4n) is 1.66. The van der Waals surface area contributed by atoms with Gasteiger partial charge in [-0.25, -0.2) is 0 Å². The van der Waals surface area contributed by atoms with Crippen molar-refractivity contribution in [1.82, 2.24) is 5.32 Å². The Hall–Kier alpha value is -1.24. The quantitative estimate of drug-likeness (QED) is 0.707. The number of carbonyl (C=O) groups is 2. The lowest BCUT2D eigenvalue weighted by Gasteiger charge is -2.12. The van der Waals surface area contributed by atoms with E-state index in [4.69, 9.17) is 5.73 Å². The predicted molar refractivity (Wildman–Crippen MR) is 95.9 cm³/mol. The lowest BCUT2D eigenvalue weighted by Crippen LogP contribution is -2.36. The number of hydrogen-bond acceptors (Lipinski definition) is 4. The van der Waals surface area contributed by atoms with E-state index in [0.717, 1.165) is 5.75 Å². The number of anilines is 1. The molecule has 0 spiro atoms. The van der Waals surface area contributed by atoms with E-state index in [-0.39, 0.29) is 30.3 Å². The minimum atomic E-state index is -0.513. The Labute approximate surface area is 142 Å². The van der Waals surface area contributed by atoms with Gasteiger partial charge in [0.25, 0.3) is 5.91 Å². The van der Waals surface area contributed by atoms with Crippen molar-refractivity contribution in [3.05, 3.63) is 29.8 Å². The molecule has 0 aliphatic carbocycles. The van der Waals surface area contributed by atoms with E-state index in [0.29, 0.717) is 17.7 Å². The summed E-state index contributed by atoms with van der Waals surface area (Å²) in [5.41, 5.74) is 7.00. The highest BCUT2D eigenvalue weighted by atomic mass is 35.5. The first-order valence-electron chi connectivity index (χ1n) is 6.90. The van der Waals surface area contributed by atoms with Gasteiger partial charge in [-0.15, -0.1) is 12.4 Å². The van der Waals surface area contributed by atoms with E-state index < -0.39 is 6.04 Å². The zero-order valence-corrected chi connectivity index (χ0v) is 14.7. The maximum absolute atomic E-state index is 11.9. The molecule has 4 N–H and O–H groups in total. The lowest BCUT2D eigenvalue weighted by atomic mass is 10.1. The number of benzene rings is 1. The maximum Gasteiger partial charge on any atom is 0.251 e. The summed E-state index contributed by atoms with van der Waals surface area (Å²) in [5.74, 6) is 0.520. The number of carbonyl (C=O) groups excluding carboxylic acids is 2. The van der Waals surface area contributed by atoms with Gasteiger partial charge in [0.1, 0.15) is 0 Å². The van der Waals surface area contributed by atoms with Crippen LogP contribution in [-0.2, 0) is 4.79 Å². The Morgan fingerprint density at radius 1 is 1.23 bits per heavy atom. The summed E-state index contributed by atoms with van der Waals surface area (Å²) < 4.78 is 0. The molecule has 0 aromatic heterocycles. The first kappa shape index (κ1) is 20.8. The molecule has 0 aliphatic heterocycles. The van der Waals surface area contributed by atoms with Crippen LogP contribution in [0.15, 0.2) is 24.3 Å². The lowest BCUT2D eigenvalue weighted by molar-refractivity contribution is -0.117. The molecule has 5 nitrogen and oxygen atoms in total. The Morgan fingerprint density at radius 2 is 1.82 bits per heavy atom. The second kappa shape index (κ2) is 10.5. The molecule has 22 heavy (non-hydrogen) atoms. The average molecular weight is 346 g/mol. The molecule has 0 aliphatic rings. The number of thioether (sulfide) groups is 1. The summed E-state index contributed by atoms with van der Waals surface area (Å²) in [6, 6.07) is 6.34. The molecule has 0 saturated heterocycles. The fourth-order valence-corrected chi connectivity index (χ4v) is 2.15. The topological polar surface area (TPSA) is 84.2 Å². The number of rotatable bonds is 7. The van der Waals surface area contributed by atoms with Crippen molar-refractivity contribution in [2.45, 2.75) is 32.4 Å². The van der Waals surface area contributed by atoms with Gasteiger partial charge in [0.15, 0.2) is 0 Å². The average Bonchev–Trinajstić information content (AvgIpc) is 2.44. The molecule has 0 unspecified atom stereocenters. The van der Waals surface area contributed by atoms with Gasteiger partial charge in [0.05, 0.1) is 6.04 Å². The number of hydrogen-bond donors (Lipinski definition) is 3. The standard InChI is InChI=1S/C15H23N3O2S.ClH/c1-10(2)17-14(19)11-4-6-12(7-5-11)18-15(20)13(16)8-9-21-3;/h4-7,10,13H,8-9,16H2,1-3H3,(H,17,19)(H,18,20);1H/t13-;/m0./s1. The van der Waals surface area contributed by atoms with Crippen LogP contribution in [-0.4, -0.2) is 35.9 Å². The van der Waals surface area contributed by atoms with Gasteiger partial charge in [0.2, 0.25) is 5.91 Å². The van der Waals surface area contributed by atoms with Crippen LogP contribution in [0.5, 0.6) is 0 Å². The third kappa shape index (κ3) is 7.15. The van der Waals surface area contributed by atoms with Gasteiger partial charge in [0, 0.05) is 17.3 Å². The van der Waals surface area contributed by atoms with Gasteiger partial charge in [-0.1, -0.05) is 0 Å². The summed E-state index contributed by atoms with van der Waals surface area (Å²) in [5, 5.41) is 5.56. The summed E-state index contributed by atoms with van der Waals surface area (Å²) in [6.45, 7) is 3.81. The monoisotopic (exact) mass is 345 g/mol. The van der Waals surface area contributed by atoms with Crippen molar-refractivity contribution in [1.29, 1.82) is 0 Å². The summed E-state index contributed by atoms with van der Waals surface area (Å²) in [4.78, 5) is 23.7. The molecule has 0 saturated carbocycles. The zero-order valence-electron chi connectivity index (χ0n) is 13.1. The van der Waals surface area contributed by atoms with E-state index >= 15 is 0 Å². The molecular weight excluding hydrogens is 322 g/mol. The highest BCUT2D eigenvalue weighted by molar-refractivity contribution is 7.98. The minimum absolute atomic E-state index is 0. The molecule has 1 atom stereocenters. The SMILES string of the molecule is CSCC[C@H](N)C(=O)Nc1ccc(C(=O)NC(C)C)cc1.Cl. The molecule has 1 aromatic rings. The third-order valence-corrected chi connectivity index (χ3v) is 3.45. The van der Waals surface area contributed by atoms with E-state index in [1.165, 1.54) is 0 Å². The van der Waals surface area contributed by atoms with Crippen molar-refractivity contribution in [3.63, 3.8) is 0 Å². The maximum atomic E-state index is 11.9. The first-order chi connectivity index (χ1) is 9.93. The minimum Gasteiger partial charge on any atom is -0.350 e. The molecule has 0 bridgehead atoms. The van der Waals surface area contributed by atoms with Crippen LogP contribution in [0, 0.1) is 0 Å². The van der Waals surface area contributed by atoms with Crippen LogP contribution in [0.3, 0.4) is 0 Å². The predicted octanol–water partition coefficient (Wildman–Crippen LogP) is 2.27. The van der Waals surface area contributed by atoms with Gasteiger partial charge >= 0.3 is 0 Å². The van der Waals surface area contributed by atoms with Gasteiger partial charge in [-0.05, 0) is 56.5 Å². The fraction of sp³-hybridized carbons (Fsp3) is 0.467. The number of halogens is 1. The van der Waals surface area contributed by atoms with Crippen LogP contribution >= 0.6 is 24.2 Å². The van der Waals surface area contributed by atoms with Crippen LogP contribution in [0.1, 0.15) is 30.6 Å². The molecule has 7 heteroatoms. The van der Waals surface area contributed by atoms with E-state index in [2.05, 4.69) is 10.6 Å². The zero-order chi connectivity index (χ0) is 15.8. The van der Waals surface area contributed by atoms with E-state index in [1.54, 1.807) is 36.0 Å². The first-order valence-corrected chi connectivity index (χ1v) is 8.29. The second-order valence-electron chi connectivity index (χ2n) is 5.08. The summed E-state index contributed by atoms with van der Waals surface area (Å²) in [7, 11) is 0. The largest absolute Gasteiger partial charge is 0.350 e. The van der Waals surface area contributed by atoms with Crippen molar-refractivity contribution in [3.8, 4) is 0 Å². The second-order valence-corrected chi connectivity index (χ2v) is 6.07. The molecular formula is C15H24ClN3O2S. The normalized spacial score (nSPS) is 11.5. The van der Waals surface area contributed by atoms with E-state index in [1.807, 2.05) is 20.1 Å². The highest BCUT2D eigenvalue weighted by Gasteiger charge is 2.13. The Kier molecular flexibility index (Phi) is 9.89. The summed E-state index contributed by atoms with van der Waals surface area (Å²) >= 11 is 1.66. The molecule has 0 heterocycles. The Morgan fingerprint density at radius 3 is 2.32 bits per heavy atom. The third-order valence-electron chi connectivity index (χ3n) is 2.80. The Balaban J connectivity index is 0.00000441. The van der Waals surface area contributed by atoms with Crippen molar-refractivity contribution in [2.24, 2.45) is 5.73 Å². The molecule has 1 aromatic carbocycles. The molecule has 124 valence electrons. The van der Waals surface area contributed by atoms with Crippen molar-refractivity contribution in [2.75, 3.05) is 17.3 Å². The van der Waals surface area contributed by atoms with Crippen molar-refractivity contribution < 1.29 is 9.59 Å². The number of nitrogens with one attached hydrogen (secondary N) is 2. The van der Waals surface area contributed by atoms with Crippen molar-refractivity contribution >= 4 is 41.7 Å². The summed E-state index contributed by atoms with van der Waals surface area (Å²) in [6.07, 6.45) is 2.62. The van der Waals surface area contributed by atoms with Gasteiger partial charge in [-0.3, -0.25) is 9.59 Å². The molecule has 0 radical (unpaired) electrons. The van der Waals surface area contributed by atoms with E-state index in [9.17, 15) is 9.59 Å². The smallest absolute Gasteiger partial charge is 0.251 e. The van der Waals surface area contributed by atoms with Crippen LogP contribution in [0.4, 0.5) is 5.69 Å². The van der Waals surface area contributed by atoms with Crippen LogP contribution in [0.25, 0.3) is 0 Å².